The van der Waals surface area contributed by atoms with Gasteiger partial charge in [-0.15, -0.1) is 16.9 Å². The van der Waals surface area contributed by atoms with Gasteiger partial charge >= 0.3 is 5.97 Å². The third-order valence-electron chi connectivity index (χ3n) is 3.01. The minimum atomic E-state index is -0.316. The second kappa shape index (κ2) is 8.88. The summed E-state index contributed by atoms with van der Waals surface area (Å²) in [5.41, 5.74) is 1.37. The van der Waals surface area contributed by atoms with Crippen molar-refractivity contribution >= 4 is 30.5 Å². The van der Waals surface area contributed by atoms with Crippen LogP contribution in [0.2, 0.25) is 0 Å². The first-order valence-electron chi connectivity index (χ1n) is 7.45. The Bertz CT molecular complexity index is 659. The van der Waals surface area contributed by atoms with E-state index in [1.54, 1.807) is 30.1 Å². The number of benzene rings is 1. The lowest BCUT2D eigenvalue weighted by molar-refractivity contribution is 0.0501. The highest BCUT2D eigenvalue weighted by molar-refractivity contribution is 7.99. The number of thioether (sulfide) groups is 1. The molecule has 0 bridgehead atoms. The number of ether oxygens (including phenoxy) is 2. The molecule has 0 radical (unpaired) electrons. The molecular formula is C16H20N2O3S2. The Morgan fingerprint density at radius 3 is 2.83 bits per heavy atom. The van der Waals surface area contributed by atoms with Crippen LogP contribution in [0.4, 0.5) is 0 Å². The summed E-state index contributed by atoms with van der Waals surface area (Å²) in [4.78, 5) is 13.3. The molecule has 2 aromatic rings. The second-order valence-corrected chi connectivity index (χ2v) is 6.43. The average molecular weight is 352 g/mol. The van der Waals surface area contributed by atoms with Gasteiger partial charge < -0.3 is 9.47 Å². The fraction of sp³-hybridized carbons (Fsp3) is 0.375. The van der Waals surface area contributed by atoms with Crippen molar-refractivity contribution in [1.29, 1.82) is 0 Å². The van der Waals surface area contributed by atoms with Crippen molar-refractivity contribution in [1.82, 2.24) is 9.19 Å². The molecule has 0 aliphatic heterocycles. The highest BCUT2D eigenvalue weighted by Gasteiger charge is 2.17. The predicted octanol–water partition coefficient (Wildman–Crippen LogP) is 3.83. The van der Waals surface area contributed by atoms with Crippen LogP contribution < -0.4 is 4.74 Å². The third-order valence-corrected chi connectivity index (χ3v) is 4.21. The molecule has 23 heavy (non-hydrogen) atoms. The predicted molar refractivity (Wildman–Crippen MR) is 94.4 cm³/mol. The number of hydrogen-bond acceptors (Lipinski definition) is 6. The number of carbonyl (C=O) groups is 1. The molecule has 0 saturated heterocycles. The molecule has 0 saturated carbocycles. The smallest absolute Gasteiger partial charge is 0.338 e. The van der Waals surface area contributed by atoms with E-state index in [-0.39, 0.29) is 12.6 Å². The number of aromatic nitrogens is 2. The van der Waals surface area contributed by atoms with Crippen molar-refractivity contribution in [3.8, 4) is 5.88 Å². The monoisotopic (exact) mass is 352 g/mol. The lowest BCUT2D eigenvalue weighted by Gasteiger charge is -2.13. The normalized spacial score (nSPS) is 10.6. The molecule has 1 heterocycles. The van der Waals surface area contributed by atoms with Crippen molar-refractivity contribution in [2.75, 3.05) is 12.4 Å². The molecular weight excluding hydrogens is 332 g/mol. The molecule has 7 heteroatoms. The topological polar surface area (TPSA) is 53.4 Å². The number of rotatable bonds is 8. The first kappa shape index (κ1) is 17.7. The van der Waals surface area contributed by atoms with E-state index in [1.807, 2.05) is 19.1 Å². The summed E-state index contributed by atoms with van der Waals surface area (Å²) in [6, 6.07) is 7.35. The van der Waals surface area contributed by atoms with Gasteiger partial charge in [-0.3, -0.25) is 0 Å². The number of nitrogens with zero attached hydrogens (tertiary/aromatic N) is 2. The standard InChI is InChI=1S/C16H20N2O3S2/c1-3-10-20-16(19)12-6-5-7-14(23-4-2)13(12)11-21-15-8-9-18(22)17-15/h5-9,22H,3-4,10-11H2,1-2H3. The van der Waals surface area contributed by atoms with Crippen LogP contribution in [0.1, 0.15) is 36.2 Å². The molecule has 5 nitrogen and oxygen atoms in total. The van der Waals surface area contributed by atoms with Gasteiger partial charge in [0.2, 0.25) is 5.88 Å². The van der Waals surface area contributed by atoms with Gasteiger partial charge in [0.05, 0.1) is 12.2 Å². The number of hydrogen-bond donors (Lipinski definition) is 1. The van der Waals surface area contributed by atoms with E-state index < -0.39 is 0 Å². The molecule has 0 amide bonds. The molecule has 0 atom stereocenters. The average Bonchev–Trinajstić information content (AvgIpc) is 2.97. The minimum Gasteiger partial charge on any atom is -0.472 e. The third kappa shape index (κ3) is 4.94. The van der Waals surface area contributed by atoms with Crippen LogP contribution in [-0.4, -0.2) is 27.5 Å². The van der Waals surface area contributed by atoms with Crippen molar-refractivity contribution in [3.05, 3.63) is 41.6 Å². The fourth-order valence-electron chi connectivity index (χ4n) is 1.99. The highest BCUT2D eigenvalue weighted by atomic mass is 32.2. The zero-order valence-corrected chi connectivity index (χ0v) is 14.9. The maximum absolute atomic E-state index is 12.3. The van der Waals surface area contributed by atoms with Gasteiger partial charge in [-0.05, 0) is 37.1 Å². The van der Waals surface area contributed by atoms with Crippen LogP contribution in [-0.2, 0) is 11.3 Å². The SMILES string of the molecule is CCCOC(=O)c1cccc(SCC)c1COc1ccn(S)n1. The molecule has 0 aliphatic rings. The number of esters is 1. The molecule has 0 unspecified atom stereocenters. The Morgan fingerprint density at radius 2 is 2.17 bits per heavy atom. The minimum absolute atomic E-state index is 0.254. The lowest BCUT2D eigenvalue weighted by Crippen LogP contribution is -2.12. The Kier molecular flexibility index (Phi) is 6.85. The maximum Gasteiger partial charge on any atom is 0.338 e. The Morgan fingerprint density at radius 1 is 1.35 bits per heavy atom. The van der Waals surface area contributed by atoms with Crippen molar-refractivity contribution < 1.29 is 14.3 Å². The molecule has 0 spiro atoms. The molecule has 124 valence electrons. The van der Waals surface area contributed by atoms with Gasteiger partial charge in [-0.2, -0.15) is 0 Å². The first-order valence-corrected chi connectivity index (χ1v) is 8.83. The fourth-order valence-corrected chi connectivity index (χ4v) is 2.97. The summed E-state index contributed by atoms with van der Waals surface area (Å²) >= 11 is 5.75. The van der Waals surface area contributed by atoms with Crippen LogP contribution in [0, 0.1) is 0 Å². The first-order chi connectivity index (χ1) is 11.2. The van der Waals surface area contributed by atoms with E-state index in [4.69, 9.17) is 9.47 Å². The van der Waals surface area contributed by atoms with E-state index >= 15 is 0 Å². The number of thiol groups is 1. The molecule has 2 rings (SSSR count). The van der Waals surface area contributed by atoms with Crippen LogP contribution in [0.3, 0.4) is 0 Å². The summed E-state index contributed by atoms with van der Waals surface area (Å²) in [5, 5.41) is 4.06. The van der Waals surface area contributed by atoms with Crippen LogP contribution in [0.5, 0.6) is 5.88 Å². The van der Waals surface area contributed by atoms with Gasteiger partial charge in [0.15, 0.2) is 0 Å². The van der Waals surface area contributed by atoms with Crippen molar-refractivity contribution in [2.45, 2.75) is 31.8 Å². The zero-order valence-electron chi connectivity index (χ0n) is 13.2. The second-order valence-electron chi connectivity index (χ2n) is 4.71. The van der Waals surface area contributed by atoms with Crippen LogP contribution in [0.15, 0.2) is 35.4 Å². The summed E-state index contributed by atoms with van der Waals surface area (Å²) in [5.74, 6) is 1.05. The van der Waals surface area contributed by atoms with E-state index in [9.17, 15) is 4.79 Å². The molecule has 1 aromatic heterocycles. The van der Waals surface area contributed by atoms with Crippen molar-refractivity contribution in [2.24, 2.45) is 0 Å². The summed E-state index contributed by atoms with van der Waals surface area (Å²) in [7, 11) is 0. The highest BCUT2D eigenvalue weighted by Crippen LogP contribution is 2.27. The van der Waals surface area contributed by atoms with Crippen LogP contribution in [0.25, 0.3) is 0 Å². The van der Waals surface area contributed by atoms with Crippen LogP contribution >= 0.6 is 24.6 Å². The summed E-state index contributed by atoms with van der Waals surface area (Å²) in [6.07, 6.45) is 2.47. The Labute approximate surface area is 145 Å². The van der Waals surface area contributed by atoms with Gasteiger partial charge in [0.25, 0.3) is 0 Å². The lowest BCUT2D eigenvalue weighted by atomic mass is 10.1. The molecule has 0 aliphatic carbocycles. The van der Waals surface area contributed by atoms with E-state index in [2.05, 4.69) is 24.8 Å². The number of carbonyl (C=O) groups excluding carboxylic acids is 1. The quantitative estimate of drug-likeness (QED) is 0.444. The van der Waals surface area contributed by atoms with E-state index in [0.717, 1.165) is 22.6 Å². The van der Waals surface area contributed by atoms with Gasteiger partial charge in [0.1, 0.15) is 6.61 Å². The van der Waals surface area contributed by atoms with Gasteiger partial charge in [-0.1, -0.05) is 19.9 Å². The Hall–Kier alpha value is -1.60. The van der Waals surface area contributed by atoms with Gasteiger partial charge in [0, 0.05) is 22.7 Å². The maximum atomic E-state index is 12.3. The molecule has 1 aromatic carbocycles. The Balaban J connectivity index is 2.23. The van der Waals surface area contributed by atoms with Gasteiger partial charge in [-0.25, -0.2) is 8.88 Å². The summed E-state index contributed by atoms with van der Waals surface area (Å²) in [6.45, 7) is 4.70. The molecule has 0 N–H and O–H groups in total. The van der Waals surface area contributed by atoms with Crippen molar-refractivity contribution in [3.63, 3.8) is 0 Å². The zero-order chi connectivity index (χ0) is 16.7. The summed E-state index contributed by atoms with van der Waals surface area (Å²) < 4.78 is 12.3. The molecule has 0 fully saturated rings. The largest absolute Gasteiger partial charge is 0.472 e. The van der Waals surface area contributed by atoms with E-state index in [1.165, 1.54) is 4.09 Å². The van der Waals surface area contributed by atoms with E-state index in [0.29, 0.717) is 18.1 Å².